The molecule has 0 unspecified atom stereocenters. The average molecular weight is 362 g/mol. The molecule has 0 amide bonds. The summed E-state index contributed by atoms with van der Waals surface area (Å²) in [5.74, 6) is -1.81. The largest absolute Gasteiger partial charge is 0.243 e. The van der Waals surface area contributed by atoms with Crippen molar-refractivity contribution in [2.45, 2.75) is 11.4 Å². The van der Waals surface area contributed by atoms with Crippen LogP contribution in [0.2, 0.25) is 0 Å². The fourth-order valence-electron chi connectivity index (χ4n) is 1.58. The van der Waals surface area contributed by atoms with Crippen molar-refractivity contribution in [3.63, 3.8) is 0 Å². The first kappa shape index (κ1) is 15.1. The van der Waals surface area contributed by atoms with Crippen LogP contribution in [0, 0.1) is 11.6 Å². The molecule has 0 aliphatic heterocycles. The number of hydrogen-bond acceptors (Lipinski definition) is 2. The van der Waals surface area contributed by atoms with Gasteiger partial charge in [-0.15, -0.1) is 0 Å². The summed E-state index contributed by atoms with van der Waals surface area (Å²) in [6.45, 7) is -0.0281. The SMILES string of the molecule is O=S(=O)(NCc1ccccc1Br)c1cc(F)ccc1F. The van der Waals surface area contributed by atoms with Gasteiger partial charge in [0.15, 0.2) is 0 Å². The zero-order valence-corrected chi connectivity index (χ0v) is 12.5. The number of halogens is 3. The first-order chi connectivity index (χ1) is 9.40. The summed E-state index contributed by atoms with van der Waals surface area (Å²) in [6.07, 6.45) is 0. The predicted octanol–water partition coefficient (Wildman–Crippen LogP) is 3.21. The van der Waals surface area contributed by atoms with Crippen LogP contribution in [0.4, 0.5) is 8.78 Å². The molecule has 2 rings (SSSR count). The zero-order chi connectivity index (χ0) is 14.8. The second kappa shape index (κ2) is 5.99. The molecule has 0 heterocycles. The normalized spacial score (nSPS) is 11.6. The molecule has 0 atom stereocenters. The second-order valence-corrected chi connectivity index (χ2v) is 6.58. The van der Waals surface area contributed by atoms with Crippen molar-refractivity contribution < 1.29 is 17.2 Å². The highest BCUT2D eigenvalue weighted by Crippen LogP contribution is 2.18. The standard InChI is InChI=1S/C13H10BrF2NO2S/c14-11-4-2-1-3-9(11)8-17-20(18,19)13-7-10(15)5-6-12(13)16/h1-7,17H,8H2. The lowest BCUT2D eigenvalue weighted by atomic mass is 10.2. The lowest BCUT2D eigenvalue weighted by Crippen LogP contribution is -2.24. The highest BCUT2D eigenvalue weighted by atomic mass is 79.9. The number of benzene rings is 2. The van der Waals surface area contributed by atoms with Crippen LogP contribution in [0.1, 0.15) is 5.56 Å². The third-order valence-electron chi connectivity index (χ3n) is 2.59. The lowest BCUT2D eigenvalue weighted by molar-refractivity contribution is 0.545. The van der Waals surface area contributed by atoms with Gasteiger partial charge in [-0.25, -0.2) is 21.9 Å². The molecular weight excluding hydrogens is 352 g/mol. The van der Waals surface area contributed by atoms with E-state index < -0.39 is 26.6 Å². The molecule has 1 N–H and O–H groups in total. The van der Waals surface area contributed by atoms with Crippen molar-refractivity contribution in [1.82, 2.24) is 4.72 Å². The van der Waals surface area contributed by atoms with Gasteiger partial charge < -0.3 is 0 Å². The Morgan fingerprint density at radius 2 is 1.80 bits per heavy atom. The van der Waals surface area contributed by atoms with Crippen molar-refractivity contribution in [3.05, 3.63) is 64.1 Å². The van der Waals surface area contributed by atoms with Crippen LogP contribution in [0.15, 0.2) is 51.8 Å². The Kier molecular flexibility index (Phi) is 4.52. The van der Waals surface area contributed by atoms with Gasteiger partial charge in [-0.1, -0.05) is 34.1 Å². The maximum atomic E-state index is 13.5. The molecule has 3 nitrogen and oxygen atoms in total. The van der Waals surface area contributed by atoms with Gasteiger partial charge in [-0.3, -0.25) is 0 Å². The van der Waals surface area contributed by atoms with Crippen molar-refractivity contribution in [3.8, 4) is 0 Å². The molecule has 106 valence electrons. The quantitative estimate of drug-likeness (QED) is 0.908. The van der Waals surface area contributed by atoms with E-state index in [2.05, 4.69) is 20.7 Å². The summed E-state index contributed by atoms with van der Waals surface area (Å²) in [7, 11) is -4.11. The van der Waals surface area contributed by atoms with Gasteiger partial charge in [0.05, 0.1) is 0 Å². The van der Waals surface area contributed by atoms with Crippen LogP contribution in [0.3, 0.4) is 0 Å². The summed E-state index contributed by atoms with van der Waals surface area (Å²) < 4.78 is 53.4. The molecule has 0 aromatic heterocycles. The van der Waals surface area contributed by atoms with Gasteiger partial charge in [0.1, 0.15) is 16.5 Å². The molecular formula is C13H10BrF2NO2S. The minimum absolute atomic E-state index is 0.0281. The fourth-order valence-corrected chi connectivity index (χ4v) is 3.09. The maximum Gasteiger partial charge on any atom is 0.243 e. The monoisotopic (exact) mass is 361 g/mol. The maximum absolute atomic E-state index is 13.5. The van der Waals surface area contributed by atoms with Crippen LogP contribution < -0.4 is 4.72 Å². The first-order valence-electron chi connectivity index (χ1n) is 5.58. The Morgan fingerprint density at radius 3 is 2.50 bits per heavy atom. The zero-order valence-electron chi connectivity index (χ0n) is 10.1. The molecule has 0 aliphatic rings. The van der Waals surface area contributed by atoms with Crippen molar-refractivity contribution in [2.75, 3.05) is 0 Å². The number of sulfonamides is 1. The van der Waals surface area contributed by atoms with Gasteiger partial charge in [-0.2, -0.15) is 0 Å². The summed E-state index contributed by atoms with van der Waals surface area (Å²) in [6, 6.07) is 9.30. The molecule has 0 radical (unpaired) electrons. The highest BCUT2D eigenvalue weighted by Gasteiger charge is 2.19. The molecule has 0 bridgehead atoms. The Labute approximate surface area is 123 Å². The van der Waals surface area contributed by atoms with Gasteiger partial charge in [0.2, 0.25) is 10.0 Å². The van der Waals surface area contributed by atoms with E-state index in [4.69, 9.17) is 0 Å². The lowest BCUT2D eigenvalue weighted by Gasteiger charge is -2.09. The summed E-state index contributed by atoms with van der Waals surface area (Å²) in [5.41, 5.74) is 0.688. The molecule has 0 saturated heterocycles. The topological polar surface area (TPSA) is 46.2 Å². The fraction of sp³-hybridized carbons (Fsp3) is 0.0769. The van der Waals surface area contributed by atoms with E-state index in [0.29, 0.717) is 11.6 Å². The Morgan fingerprint density at radius 1 is 1.10 bits per heavy atom. The van der Waals surface area contributed by atoms with Crippen LogP contribution in [0.25, 0.3) is 0 Å². The predicted molar refractivity (Wildman–Crippen MR) is 74.5 cm³/mol. The summed E-state index contributed by atoms with van der Waals surface area (Å²) in [4.78, 5) is -0.704. The van der Waals surface area contributed by atoms with Crippen molar-refractivity contribution in [1.29, 1.82) is 0 Å². The third-order valence-corrected chi connectivity index (χ3v) is 4.78. The smallest absolute Gasteiger partial charge is 0.207 e. The van der Waals surface area contributed by atoms with E-state index >= 15 is 0 Å². The van der Waals surface area contributed by atoms with Crippen molar-refractivity contribution >= 4 is 26.0 Å². The van der Waals surface area contributed by atoms with Crippen LogP contribution in [-0.2, 0) is 16.6 Å². The molecule has 7 heteroatoms. The van der Waals surface area contributed by atoms with E-state index in [1.807, 2.05) is 0 Å². The molecule has 20 heavy (non-hydrogen) atoms. The highest BCUT2D eigenvalue weighted by molar-refractivity contribution is 9.10. The van der Waals surface area contributed by atoms with E-state index in [9.17, 15) is 17.2 Å². The van der Waals surface area contributed by atoms with Crippen LogP contribution in [0.5, 0.6) is 0 Å². The summed E-state index contributed by atoms with van der Waals surface area (Å²) in [5, 5.41) is 0. The minimum atomic E-state index is -4.11. The summed E-state index contributed by atoms with van der Waals surface area (Å²) >= 11 is 3.28. The number of nitrogens with one attached hydrogen (secondary N) is 1. The molecule has 0 aliphatic carbocycles. The molecule has 0 spiro atoms. The van der Waals surface area contributed by atoms with Gasteiger partial charge in [0.25, 0.3) is 0 Å². The Balaban J connectivity index is 2.24. The first-order valence-corrected chi connectivity index (χ1v) is 7.86. The molecule has 0 saturated carbocycles. The van der Waals surface area contributed by atoms with Gasteiger partial charge in [0, 0.05) is 11.0 Å². The van der Waals surface area contributed by atoms with Crippen LogP contribution in [-0.4, -0.2) is 8.42 Å². The average Bonchev–Trinajstić information content (AvgIpc) is 2.40. The molecule has 0 fully saturated rings. The van der Waals surface area contributed by atoms with E-state index in [1.54, 1.807) is 24.3 Å². The van der Waals surface area contributed by atoms with E-state index in [-0.39, 0.29) is 6.54 Å². The third kappa shape index (κ3) is 3.41. The number of rotatable bonds is 4. The van der Waals surface area contributed by atoms with Crippen molar-refractivity contribution in [2.24, 2.45) is 0 Å². The Hall–Kier alpha value is -1.31. The molecule has 2 aromatic rings. The molecule has 2 aromatic carbocycles. The van der Waals surface area contributed by atoms with Gasteiger partial charge in [-0.05, 0) is 29.8 Å². The number of hydrogen-bond donors (Lipinski definition) is 1. The second-order valence-electron chi connectivity index (χ2n) is 3.99. The van der Waals surface area contributed by atoms with E-state index in [1.165, 1.54) is 0 Å². The van der Waals surface area contributed by atoms with Crippen LogP contribution >= 0.6 is 15.9 Å². The van der Waals surface area contributed by atoms with E-state index in [0.717, 1.165) is 16.6 Å². The Bertz CT molecular complexity index is 735. The minimum Gasteiger partial charge on any atom is -0.207 e. The van der Waals surface area contributed by atoms with Gasteiger partial charge >= 0.3 is 0 Å².